The smallest absolute Gasteiger partial charge is 0.271 e. The highest BCUT2D eigenvalue weighted by Crippen LogP contribution is 2.30. The molecular weight excluding hydrogens is 328 g/mol. The SMILES string of the molecule is NC(=O)c1n[nH]nc1-c1ccccc1OCc1ccc2ccccc2c1. The fourth-order valence-corrected chi connectivity index (χ4v) is 2.87. The van der Waals surface area contributed by atoms with Gasteiger partial charge in [-0.25, -0.2) is 0 Å². The van der Waals surface area contributed by atoms with Crippen molar-refractivity contribution in [2.24, 2.45) is 5.73 Å². The average Bonchev–Trinajstić information content (AvgIpc) is 3.16. The van der Waals surface area contributed by atoms with Gasteiger partial charge in [0.25, 0.3) is 5.91 Å². The summed E-state index contributed by atoms with van der Waals surface area (Å²) in [6, 6.07) is 21.7. The first kappa shape index (κ1) is 15.8. The molecule has 6 nitrogen and oxygen atoms in total. The van der Waals surface area contributed by atoms with Gasteiger partial charge >= 0.3 is 0 Å². The Morgan fingerprint density at radius 1 is 0.962 bits per heavy atom. The summed E-state index contributed by atoms with van der Waals surface area (Å²) in [5, 5.41) is 12.7. The molecule has 1 amide bonds. The van der Waals surface area contributed by atoms with E-state index in [2.05, 4.69) is 39.7 Å². The van der Waals surface area contributed by atoms with E-state index < -0.39 is 5.91 Å². The summed E-state index contributed by atoms with van der Waals surface area (Å²) in [6.07, 6.45) is 0. The van der Waals surface area contributed by atoms with Crippen molar-refractivity contribution in [2.45, 2.75) is 6.61 Å². The van der Waals surface area contributed by atoms with Crippen LogP contribution in [0.15, 0.2) is 66.7 Å². The number of primary amides is 1. The molecule has 0 atom stereocenters. The van der Waals surface area contributed by atoms with Crippen molar-refractivity contribution in [2.75, 3.05) is 0 Å². The van der Waals surface area contributed by atoms with Crippen molar-refractivity contribution in [1.82, 2.24) is 15.4 Å². The second kappa shape index (κ2) is 6.68. The van der Waals surface area contributed by atoms with E-state index >= 15 is 0 Å². The van der Waals surface area contributed by atoms with Crippen LogP contribution in [-0.4, -0.2) is 21.3 Å². The van der Waals surface area contributed by atoms with Crippen molar-refractivity contribution in [3.63, 3.8) is 0 Å². The number of aromatic nitrogens is 3. The molecule has 4 rings (SSSR count). The van der Waals surface area contributed by atoms with Crippen LogP contribution in [0.4, 0.5) is 0 Å². The molecule has 1 heterocycles. The number of nitrogens with two attached hydrogens (primary N) is 1. The number of benzene rings is 3. The standard InChI is InChI=1S/C20H16N4O2/c21-20(25)19-18(22-24-23-19)16-7-3-4-8-17(16)26-12-13-9-10-14-5-1-2-6-15(14)11-13/h1-11H,12H2,(H2,21,25)(H,22,23,24). The number of rotatable bonds is 5. The van der Waals surface area contributed by atoms with Crippen LogP contribution < -0.4 is 10.5 Å². The Balaban J connectivity index is 1.62. The second-order valence-corrected chi connectivity index (χ2v) is 5.85. The zero-order valence-electron chi connectivity index (χ0n) is 13.8. The summed E-state index contributed by atoms with van der Waals surface area (Å²) in [7, 11) is 0. The predicted octanol–water partition coefficient (Wildman–Crippen LogP) is 3.30. The lowest BCUT2D eigenvalue weighted by Gasteiger charge is -2.11. The molecule has 0 saturated heterocycles. The average molecular weight is 344 g/mol. The molecule has 0 fully saturated rings. The number of para-hydroxylation sites is 1. The molecule has 0 saturated carbocycles. The Morgan fingerprint density at radius 3 is 2.58 bits per heavy atom. The Bertz CT molecular complexity index is 1090. The molecule has 6 heteroatoms. The highest BCUT2D eigenvalue weighted by Gasteiger charge is 2.18. The third kappa shape index (κ3) is 3.00. The third-order valence-corrected chi connectivity index (χ3v) is 4.13. The van der Waals surface area contributed by atoms with Gasteiger partial charge < -0.3 is 10.5 Å². The van der Waals surface area contributed by atoms with Crippen LogP contribution >= 0.6 is 0 Å². The van der Waals surface area contributed by atoms with Gasteiger partial charge in [-0.15, -0.1) is 0 Å². The Morgan fingerprint density at radius 2 is 1.73 bits per heavy atom. The largest absolute Gasteiger partial charge is 0.488 e. The summed E-state index contributed by atoms with van der Waals surface area (Å²) in [4.78, 5) is 11.5. The zero-order chi connectivity index (χ0) is 17.9. The highest BCUT2D eigenvalue weighted by atomic mass is 16.5. The van der Waals surface area contributed by atoms with Crippen LogP contribution in [-0.2, 0) is 6.61 Å². The molecule has 0 bridgehead atoms. The van der Waals surface area contributed by atoms with E-state index in [9.17, 15) is 4.79 Å². The molecule has 128 valence electrons. The van der Waals surface area contributed by atoms with Gasteiger partial charge in [-0.3, -0.25) is 4.79 Å². The van der Waals surface area contributed by atoms with Crippen molar-refractivity contribution >= 4 is 16.7 Å². The first-order valence-electron chi connectivity index (χ1n) is 8.13. The Hall–Kier alpha value is -3.67. The van der Waals surface area contributed by atoms with Gasteiger partial charge in [0.2, 0.25) is 0 Å². The molecule has 4 aromatic rings. The minimum atomic E-state index is -0.641. The minimum absolute atomic E-state index is 0.0896. The molecule has 26 heavy (non-hydrogen) atoms. The van der Waals surface area contributed by atoms with Gasteiger partial charge in [0, 0.05) is 5.56 Å². The molecular formula is C20H16N4O2. The first-order chi connectivity index (χ1) is 12.7. The lowest BCUT2D eigenvalue weighted by Crippen LogP contribution is -2.13. The number of carbonyl (C=O) groups excluding carboxylic acids is 1. The van der Waals surface area contributed by atoms with Crippen LogP contribution in [0.1, 0.15) is 16.1 Å². The van der Waals surface area contributed by atoms with Crippen LogP contribution in [0.3, 0.4) is 0 Å². The zero-order valence-corrected chi connectivity index (χ0v) is 13.8. The quantitative estimate of drug-likeness (QED) is 0.581. The van der Waals surface area contributed by atoms with E-state index in [0.29, 0.717) is 23.6 Å². The van der Waals surface area contributed by atoms with Gasteiger partial charge in [0.1, 0.15) is 18.1 Å². The summed E-state index contributed by atoms with van der Waals surface area (Å²) in [5.41, 5.74) is 7.55. The number of aromatic amines is 1. The van der Waals surface area contributed by atoms with Crippen LogP contribution in [0.2, 0.25) is 0 Å². The molecule has 3 N–H and O–H groups in total. The molecule has 0 spiro atoms. The summed E-state index contributed by atoms with van der Waals surface area (Å²) < 4.78 is 6.00. The summed E-state index contributed by atoms with van der Waals surface area (Å²) in [6.45, 7) is 0.394. The van der Waals surface area contributed by atoms with E-state index in [1.54, 1.807) is 0 Å². The number of hydrogen-bond acceptors (Lipinski definition) is 4. The fraction of sp³-hybridized carbons (Fsp3) is 0.0500. The molecule has 0 unspecified atom stereocenters. The summed E-state index contributed by atoms with van der Waals surface area (Å²) >= 11 is 0. The molecule has 0 radical (unpaired) electrons. The number of H-pyrrole nitrogens is 1. The predicted molar refractivity (Wildman–Crippen MR) is 98.6 cm³/mol. The van der Waals surface area contributed by atoms with Crippen molar-refractivity contribution in [3.05, 3.63) is 78.0 Å². The van der Waals surface area contributed by atoms with Crippen LogP contribution in [0, 0.1) is 0 Å². The monoisotopic (exact) mass is 344 g/mol. The van der Waals surface area contributed by atoms with Crippen molar-refractivity contribution < 1.29 is 9.53 Å². The number of ether oxygens (including phenoxy) is 1. The molecule has 0 aliphatic rings. The molecule has 0 aliphatic heterocycles. The lowest BCUT2D eigenvalue weighted by atomic mass is 10.1. The number of nitrogens with one attached hydrogen (secondary N) is 1. The molecule has 1 aromatic heterocycles. The topological polar surface area (TPSA) is 93.9 Å². The van der Waals surface area contributed by atoms with E-state index in [4.69, 9.17) is 10.5 Å². The number of nitrogens with zero attached hydrogens (tertiary/aromatic N) is 2. The van der Waals surface area contributed by atoms with Gasteiger partial charge in [0.15, 0.2) is 5.69 Å². The molecule has 3 aromatic carbocycles. The van der Waals surface area contributed by atoms with E-state index in [1.165, 1.54) is 5.39 Å². The molecule has 0 aliphatic carbocycles. The third-order valence-electron chi connectivity index (χ3n) is 4.13. The highest BCUT2D eigenvalue weighted by molar-refractivity contribution is 5.97. The van der Waals surface area contributed by atoms with Crippen molar-refractivity contribution in [3.8, 4) is 17.0 Å². The van der Waals surface area contributed by atoms with Gasteiger partial charge in [-0.05, 0) is 34.5 Å². The second-order valence-electron chi connectivity index (χ2n) is 5.85. The van der Waals surface area contributed by atoms with E-state index in [0.717, 1.165) is 10.9 Å². The number of carbonyl (C=O) groups is 1. The minimum Gasteiger partial charge on any atom is -0.488 e. The van der Waals surface area contributed by atoms with Crippen molar-refractivity contribution in [1.29, 1.82) is 0 Å². The number of fused-ring (bicyclic) bond motifs is 1. The Labute approximate surface area is 149 Å². The first-order valence-corrected chi connectivity index (χ1v) is 8.13. The number of amides is 1. The maximum Gasteiger partial charge on any atom is 0.271 e. The van der Waals surface area contributed by atoms with Gasteiger partial charge in [-0.2, -0.15) is 15.4 Å². The maximum atomic E-state index is 11.5. The Kier molecular flexibility index (Phi) is 4.07. The van der Waals surface area contributed by atoms with Crippen LogP contribution in [0.5, 0.6) is 5.75 Å². The van der Waals surface area contributed by atoms with Crippen LogP contribution in [0.25, 0.3) is 22.0 Å². The van der Waals surface area contributed by atoms with E-state index in [1.807, 2.05) is 42.5 Å². The fourth-order valence-electron chi connectivity index (χ4n) is 2.87. The maximum absolute atomic E-state index is 11.5. The van der Waals surface area contributed by atoms with Gasteiger partial charge in [-0.1, -0.05) is 48.5 Å². The number of hydrogen-bond donors (Lipinski definition) is 2. The van der Waals surface area contributed by atoms with Gasteiger partial charge in [0.05, 0.1) is 0 Å². The normalized spacial score (nSPS) is 10.8. The summed E-state index contributed by atoms with van der Waals surface area (Å²) in [5.74, 6) is -0.0323. The lowest BCUT2D eigenvalue weighted by molar-refractivity contribution is 0.0996. The van der Waals surface area contributed by atoms with E-state index in [-0.39, 0.29) is 5.69 Å².